The highest BCUT2D eigenvalue weighted by Crippen LogP contribution is 2.95. The Hall–Kier alpha value is 0.290. The summed E-state index contributed by atoms with van der Waals surface area (Å²) in [6.07, 6.45) is 1.39. The lowest BCUT2D eigenvalue weighted by molar-refractivity contribution is 0.434. The summed E-state index contributed by atoms with van der Waals surface area (Å²) < 4.78 is 0. The van der Waals surface area contributed by atoms with Crippen LogP contribution in [0.2, 0.25) is 0 Å². The van der Waals surface area contributed by atoms with E-state index in [9.17, 15) is 0 Å². The summed E-state index contributed by atoms with van der Waals surface area (Å²) in [6.45, 7) is 0. The van der Waals surface area contributed by atoms with E-state index in [4.69, 9.17) is 11.6 Å². The van der Waals surface area contributed by atoms with E-state index in [0.29, 0.717) is 4.87 Å². The van der Waals surface area contributed by atoms with Crippen LogP contribution in [0.3, 0.4) is 0 Å². The Morgan fingerprint density at radius 2 is 1.88 bits per heavy atom. The quantitative estimate of drug-likeness (QED) is 0.432. The highest BCUT2D eigenvalue weighted by atomic mass is 35.5. The molecule has 0 aliphatic heterocycles. The fourth-order valence-electron chi connectivity index (χ4n) is 3.78. The highest BCUT2D eigenvalue weighted by Gasteiger charge is 2.95. The molecule has 0 aromatic carbocycles. The first-order chi connectivity index (χ1) is 3.84. The molecule has 42 valence electrons. The molecule has 5 aliphatic rings. The molecule has 4 atom stereocenters. The highest BCUT2D eigenvalue weighted by molar-refractivity contribution is 6.28. The van der Waals surface area contributed by atoms with Crippen LogP contribution < -0.4 is 0 Å². The molecule has 2 bridgehead atoms. The van der Waals surface area contributed by atoms with E-state index in [1.165, 1.54) is 6.42 Å². The molecule has 5 saturated carbocycles. The largest absolute Gasteiger partial charge is 0.119 e. The molecular weight excluding hydrogens is 120 g/mol. The van der Waals surface area contributed by atoms with Crippen LogP contribution in [-0.4, -0.2) is 4.87 Å². The summed E-state index contributed by atoms with van der Waals surface area (Å²) in [5, 5.41) is 0. The van der Waals surface area contributed by atoms with Gasteiger partial charge in [0, 0.05) is 0 Å². The maximum atomic E-state index is 6.25. The van der Waals surface area contributed by atoms with Crippen molar-refractivity contribution in [1.29, 1.82) is 0 Å². The van der Waals surface area contributed by atoms with Gasteiger partial charge in [0.1, 0.15) is 0 Å². The minimum Gasteiger partial charge on any atom is -0.119 e. The lowest BCUT2D eigenvalue weighted by Crippen LogP contribution is -2.00. The Labute approximate surface area is 53.2 Å². The average Bonchev–Trinajstić information content (AvgIpc) is 2.11. The average molecular weight is 127 g/mol. The third-order valence-electron chi connectivity index (χ3n) is 4.06. The van der Waals surface area contributed by atoms with E-state index in [2.05, 4.69) is 0 Å². The second kappa shape index (κ2) is 0.581. The van der Waals surface area contributed by atoms with Gasteiger partial charge in [0.05, 0.1) is 4.87 Å². The zero-order valence-corrected chi connectivity index (χ0v) is 5.23. The van der Waals surface area contributed by atoms with E-state index in [1.54, 1.807) is 0 Å². The van der Waals surface area contributed by atoms with Crippen LogP contribution in [0.15, 0.2) is 0 Å². The topological polar surface area (TPSA) is 0 Å². The second-order valence-electron chi connectivity index (χ2n) is 4.00. The van der Waals surface area contributed by atoms with Crippen LogP contribution in [-0.2, 0) is 0 Å². The van der Waals surface area contributed by atoms with Crippen molar-refractivity contribution >= 4 is 11.6 Å². The van der Waals surface area contributed by atoms with Crippen LogP contribution in [0, 0.1) is 29.6 Å². The van der Waals surface area contributed by atoms with E-state index in [0.717, 1.165) is 29.6 Å². The minimum absolute atomic E-state index is 0.403. The van der Waals surface area contributed by atoms with Crippen molar-refractivity contribution in [2.24, 2.45) is 29.6 Å². The molecule has 0 aromatic rings. The monoisotopic (exact) mass is 126 g/mol. The third kappa shape index (κ3) is 0.127. The predicted octanol–water partition coefficient (Wildman–Crippen LogP) is 1.49. The van der Waals surface area contributed by atoms with E-state index >= 15 is 0 Å². The van der Waals surface area contributed by atoms with Gasteiger partial charge in [0.15, 0.2) is 0 Å². The first kappa shape index (κ1) is 3.46. The molecule has 5 aliphatic carbocycles. The van der Waals surface area contributed by atoms with Gasteiger partial charge in [-0.25, -0.2) is 0 Å². The summed E-state index contributed by atoms with van der Waals surface area (Å²) in [4.78, 5) is 0.403. The molecule has 0 aromatic heterocycles. The first-order valence-corrected chi connectivity index (χ1v) is 3.91. The zero-order chi connectivity index (χ0) is 5.09. The molecule has 0 nitrogen and oxygen atoms in total. The Balaban J connectivity index is 2.11. The van der Waals surface area contributed by atoms with Crippen molar-refractivity contribution in [3.63, 3.8) is 0 Å². The summed E-state index contributed by atoms with van der Waals surface area (Å²) in [5.74, 6) is 5.48. The molecule has 1 heteroatoms. The van der Waals surface area contributed by atoms with E-state index in [1.807, 2.05) is 0 Å². The van der Waals surface area contributed by atoms with Crippen LogP contribution in [0.1, 0.15) is 6.42 Å². The molecule has 0 N–H and O–H groups in total. The van der Waals surface area contributed by atoms with Crippen molar-refractivity contribution in [2.75, 3.05) is 0 Å². The Morgan fingerprint density at radius 1 is 1.25 bits per heavy atom. The predicted molar refractivity (Wildman–Crippen MR) is 30.7 cm³/mol. The molecule has 0 saturated heterocycles. The Kier molecular flexibility index (Phi) is 0.251. The number of hydrogen-bond donors (Lipinski definition) is 0. The zero-order valence-electron chi connectivity index (χ0n) is 4.47. The molecule has 0 heterocycles. The van der Waals surface area contributed by atoms with Crippen LogP contribution >= 0.6 is 11.6 Å². The van der Waals surface area contributed by atoms with Crippen molar-refractivity contribution in [1.82, 2.24) is 0 Å². The minimum atomic E-state index is 0.403. The molecule has 0 spiro atoms. The molecule has 5 rings (SSSR count). The number of halogens is 1. The lowest BCUT2D eigenvalue weighted by Gasteiger charge is -2.02. The van der Waals surface area contributed by atoms with E-state index < -0.39 is 0 Å². The maximum Gasteiger partial charge on any atom is 0.0518 e. The fourth-order valence-corrected chi connectivity index (χ4v) is 4.46. The standard InChI is InChI=1S/C7H7Cl/c8-7-1-2-3-4(2)6(7)5(3)7/h2-6H,1H2. The van der Waals surface area contributed by atoms with Gasteiger partial charge in [-0.05, 0) is 36.0 Å². The van der Waals surface area contributed by atoms with E-state index in [-0.39, 0.29) is 0 Å². The van der Waals surface area contributed by atoms with Gasteiger partial charge < -0.3 is 0 Å². The van der Waals surface area contributed by atoms with Crippen LogP contribution in [0.4, 0.5) is 0 Å². The molecule has 8 heavy (non-hydrogen) atoms. The molecular formula is C7H7Cl. The number of hydrogen-bond acceptors (Lipinski definition) is 0. The van der Waals surface area contributed by atoms with Gasteiger partial charge in [-0.1, -0.05) is 0 Å². The van der Waals surface area contributed by atoms with Crippen molar-refractivity contribution in [3.05, 3.63) is 0 Å². The second-order valence-corrected chi connectivity index (χ2v) is 4.70. The molecule has 0 radical (unpaired) electrons. The molecule has 4 unspecified atom stereocenters. The first-order valence-electron chi connectivity index (χ1n) is 3.53. The summed E-state index contributed by atoms with van der Waals surface area (Å²) >= 11 is 6.25. The molecule has 0 amide bonds. The smallest absolute Gasteiger partial charge is 0.0518 e. The van der Waals surface area contributed by atoms with Gasteiger partial charge in [0.2, 0.25) is 0 Å². The van der Waals surface area contributed by atoms with Gasteiger partial charge >= 0.3 is 0 Å². The van der Waals surface area contributed by atoms with Gasteiger partial charge in [0.25, 0.3) is 0 Å². The Morgan fingerprint density at radius 3 is 2.00 bits per heavy atom. The normalized spacial score (nSPS) is 94.9. The van der Waals surface area contributed by atoms with Crippen LogP contribution in [0.5, 0.6) is 0 Å². The van der Waals surface area contributed by atoms with Gasteiger partial charge in [-0.3, -0.25) is 0 Å². The van der Waals surface area contributed by atoms with Gasteiger partial charge in [-0.2, -0.15) is 0 Å². The molecule has 5 fully saturated rings. The fraction of sp³-hybridized carbons (Fsp3) is 1.00. The number of alkyl halides is 1. The summed E-state index contributed by atoms with van der Waals surface area (Å²) in [5.41, 5.74) is 0. The lowest BCUT2D eigenvalue weighted by atomic mass is 10.0. The van der Waals surface area contributed by atoms with Crippen molar-refractivity contribution in [3.8, 4) is 0 Å². The maximum absolute atomic E-state index is 6.25. The summed E-state index contributed by atoms with van der Waals surface area (Å²) in [7, 11) is 0. The van der Waals surface area contributed by atoms with Gasteiger partial charge in [-0.15, -0.1) is 11.6 Å². The third-order valence-corrected chi connectivity index (χ3v) is 4.71. The SMILES string of the molecule is ClC12CC3C4C3C1C42. The number of rotatable bonds is 0. The van der Waals surface area contributed by atoms with Crippen molar-refractivity contribution in [2.45, 2.75) is 11.3 Å². The van der Waals surface area contributed by atoms with Crippen molar-refractivity contribution < 1.29 is 0 Å². The van der Waals surface area contributed by atoms with Crippen LogP contribution in [0.25, 0.3) is 0 Å². The summed E-state index contributed by atoms with van der Waals surface area (Å²) in [6, 6.07) is 0. The Bertz CT molecular complexity index is 176.